The number of carbonyl (C=O) groups excluding carboxylic acids is 1. The second kappa shape index (κ2) is 5.27. The first-order valence-corrected chi connectivity index (χ1v) is 7.07. The number of carbonyl (C=O) groups is 1. The molecule has 2 rings (SSSR count). The summed E-state index contributed by atoms with van der Waals surface area (Å²) < 4.78 is 14.5. The van der Waals surface area contributed by atoms with Gasteiger partial charge in [0.25, 0.3) is 0 Å². The average molecular weight is 335 g/mol. The van der Waals surface area contributed by atoms with Crippen LogP contribution < -0.4 is 5.73 Å². The lowest BCUT2D eigenvalue weighted by molar-refractivity contribution is 0.0805. The van der Waals surface area contributed by atoms with Crippen LogP contribution in [0.25, 0.3) is 0 Å². The van der Waals surface area contributed by atoms with E-state index in [0.717, 1.165) is 25.7 Å². The number of ketones is 1. The highest BCUT2D eigenvalue weighted by molar-refractivity contribution is 9.10. The predicted molar refractivity (Wildman–Crippen MR) is 73.4 cm³/mol. The molecule has 1 saturated carbocycles. The maximum atomic E-state index is 14.0. The highest BCUT2D eigenvalue weighted by atomic mass is 79.9. The quantitative estimate of drug-likeness (QED) is 0.672. The molecule has 2 nitrogen and oxygen atoms in total. The first-order valence-electron chi connectivity index (χ1n) is 5.90. The molecule has 1 aliphatic rings. The number of benzene rings is 1. The van der Waals surface area contributed by atoms with Crippen molar-refractivity contribution in [3.05, 3.63) is 33.0 Å². The van der Waals surface area contributed by atoms with E-state index in [0.29, 0.717) is 4.47 Å². The Bertz CT molecular complexity index is 486. The van der Waals surface area contributed by atoms with Crippen molar-refractivity contribution in [3.8, 4) is 0 Å². The zero-order chi connectivity index (χ0) is 13.3. The third-order valence-electron chi connectivity index (χ3n) is 3.71. The summed E-state index contributed by atoms with van der Waals surface area (Å²) in [6.45, 7) is 0.263. The number of nitrogens with two attached hydrogens (primary N) is 1. The lowest BCUT2D eigenvalue weighted by Gasteiger charge is -2.25. The highest BCUT2D eigenvalue weighted by Gasteiger charge is 2.41. The molecule has 0 heterocycles. The van der Waals surface area contributed by atoms with Gasteiger partial charge >= 0.3 is 0 Å². The first-order chi connectivity index (χ1) is 8.52. The SMILES string of the molecule is NCC1(C(=O)c2ccc(Br)c(Cl)c2F)CCCC1. The van der Waals surface area contributed by atoms with Crippen LogP contribution in [-0.2, 0) is 0 Å². The average Bonchev–Trinajstić information content (AvgIpc) is 2.85. The van der Waals surface area contributed by atoms with E-state index in [1.54, 1.807) is 6.07 Å². The first kappa shape index (κ1) is 14.0. The largest absolute Gasteiger partial charge is 0.329 e. The molecule has 0 aromatic heterocycles. The van der Waals surface area contributed by atoms with Gasteiger partial charge in [-0.25, -0.2) is 4.39 Å². The predicted octanol–water partition coefficient (Wildman–Crippen LogP) is 3.94. The van der Waals surface area contributed by atoms with E-state index >= 15 is 0 Å². The molecular formula is C13H14BrClFNO. The van der Waals surface area contributed by atoms with Crippen LogP contribution in [0.2, 0.25) is 5.02 Å². The third kappa shape index (κ3) is 2.22. The minimum atomic E-state index is -0.657. The zero-order valence-corrected chi connectivity index (χ0v) is 12.2. The van der Waals surface area contributed by atoms with Crippen LogP contribution >= 0.6 is 27.5 Å². The maximum Gasteiger partial charge on any atom is 0.173 e. The molecule has 0 radical (unpaired) electrons. The normalized spacial score (nSPS) is 18.0. The molecule has 0 saturated heterocycles. The second-order valence-electron chi connectivity index (χ2n) is 4.74. The molecule has 0 bridgehead atoms. The Morgan fingerprint density at radius 3 is 2.61 bits per heavy atom. The molecule has 0 unspecified atom stereocenters. The fourth-order valence-corrected chi connectivity index (χ4v) is 3.03. The lowest BCUT2D eigenvalue weighted by atomic mass is 9.78. The highest BCUT2D eigenvalue weighted by Crippen LogP contribution is 2.41. The van der Waals surface area contributed by atoms with E-state index in [4.69, 9.17) is 17.3 Å². The minimum absolute atomic E-state index is 0.0500. The molecule has 1 aliphatic carbocycles. The van der Waals surface area contributed by atoms with Crippen molar-refractivity contribution >= 4 is 33.3 Å². The van der Waals surface area contributed by atoms with Gasteiger partial charge in [0.1, 0.15) is 0 Å². The Morgan fingerprint density at radius 1 is 1.44 bits per heavy atom. The lowest BCUT2D eigenvalue weighted by Crippen LogP contribution is -2.36. The van der Waals surface area contributed by atoms with Gasteiger partial charge in [-0.2, -0.15) is 0 Å². The minimum Gasteiger partial charge on any atom is -0.329 e. The van der Waals surface area contributed by atoms with Crippen LogP contribution in [0.1, 0.15) is 36.0 Å². The van der Waals surface area contributed by atoms with Crippen molar-refractivity contribution in [1.82, 2.24) is 0 Å². The molecule has 1 aromatic rings. The van der Waals surface area contributed by atoms with Crippen molar-refractivity contribution in [2.45, 2.75) is 25.7 Å². The van der Waals surface area contributed by atoms with Gasteiger partial charge in [0, 0.05) is 16.4 Å². The Kier molecular flexibility index (Phi) is 4.09. The van der Waals surface area contributed by atoms with Gasteiger partial charge in [-0.3, -0.25) is 4.79 Å². The summed E-state index contributed by atoms with van der Waals surface area (Å²) >= 11 is 8.95. The van der Waals surface area contributed by atoms with E-state index < -0.39 is 11.2 Å². The van der Waals surface area contributed by atoms with Crippen LogP contribution in [0.3, 0.4) is 0 Å². The van der Waals surface area contributed by atoms with Gasteiger partial charge in [0.05, 0.1) is 10.6 Å². The molecule has 18 heavy (non-hydrogen) atoms. The molecular weight excluding hydrogens is 321 g/mol. The van der Waals surface area contributed by atoms with Gasteiger partial charge in [-0.05, 0) is 40.9 Å². The van der Waals surface area contributed by atoms with E-state index in [9.17, 15) is 9.18 Å². The standard InChI is InChI=1S/C13H14BrClFNO/c14-9-4-3-8(11(16)10(9)15)12(18)13(7-17)5-1-2-6-13/h3-4H,1-2,5-7,17H2. The van der Waals surface area contributed by atoms with Gasteiger partial charge in [0.15, 0.2) is 11.6 Å². The van der Waals surface area contributed by atoms with Crippen molar-refractivity contribution in [1.29, 1.82) is 0 Å². The summed E-state index contributed by atoms with van der Waals surface area (Å²) in [5.41, 5.74) is 5.19. The van der Waals surface area contributed by atoms with Crippen LogP contribution in [0.5, 0.6) is 0 Å². The van der Waals surface area contributed by atoms with Gasteiger partial charge in [-0.1, -0.05) is 24.4 Å². The second-order valence-corrected chi connectivity index (χ2v) is 5.98. The summed E-state index contributed by atoms with van der Waals surface area (Å²) in [5, 5.41) is -0.0500. The van der Waals surface area contributed by atoms with Gasteiger partial charge in [0.2, 0.25) is 0 Å². The Hall–Kier alpha value is -0.450. The Balaban J connectivity index is 2.43. The number of rotatable bonds is 3. The van der Waals surface area contributed by atoms with E-state index in [-0.39, 0.29) is 22.9 Å². The number of hydrogen-bond acceptors (Lipinski definition) is 2. The fraction of sp³-hybridized carbons (Fsp3) is 0.462. The maximum absolute atomic E-state index is 14.0. The molecule has 98 valence electrons. The van der Waals surface area contributed by atoms with E-state index in [1.165, 1.54) is 6.07 Å². The molecule has 0 amide bonds. The van der Waals surface area contributed by atoms with E-state index in [2.05, 4.69) is 15.9 Å². The Morgan fingerprint density at radius 2 is 2.06 bits per heavy atom. The van der Waals surface area contributed by atoms with Crippen LogP contribution in [0, 0.1) is 11.2 Å². The zero-order valence-electron chi connectivity index (χ0n) is 9.81. The number of halogens is 3. The summed E-state index contributed by atoms with van der Waals surface area (Å²) in [7, 11) is 0. The van der Waals surface area contributed by atoms with Crippen molar-refractivity contribution in [2.24, 2.45) is 11.1 Å². The van der Waals surface area contributed by atoms with Crippen molar-refractivity contribution in [2.75, 3.05) is 6.54 Å². The van der Waals surface area contributed by atoms with Crippen molar-refractivity contribution in [3.63, 3.8) is 0 Å². The number of Topliss-reactive ketones (excluding diaryl/α,β-unsaturated/α-hetero) is 1. The van der Waals surface area contributed by atoms with Gasteiger partial charge < -0.3 is 5.73 Å². The molecule has 5 heteroatoms. The molecule has 1 fully saturated rings. The van der Waals surface area contributed by atoms with Crippen LogP contribution in [0.4, 0.5) is 4.39 Å². The Labute approximate surface area is 119 Å². The summed E-state index contributed by atoms with van der Waals surface area (Å²) in [5.74, 6) is -0.870. The molecule has 0 aliphatic heterocycles. The van der Waals surface area contributed by atoms with Crippen LogP contribution in [0.15, 0.2) is 16.6 Å². The molecule has 2 N–H and O–H groups in total. The topological polar surface area (TPSA) is 43.1 Å². The fourth-order valence-electron chi connectivity index (χ4n) is 2.56. The smallest absolute Gasteiger partial charge is 0.173 e. The number of hydrogen-bond donors (Lipinski definition) is 1. The summed E-state index contributed by atoms with van der Waals surface area (Å²) in [4.78, 5) is 12.5. The molecule has 0 atom stereocenters. The van der Waals surface area contributed by atoms with E-state index in [1.807, 2.05) is 0 Å². The molecule has 0 spiro atoms. The third-order valence-corrected chi connectivity index (χ3v) is 4.97. The summed E-state index contributed by atoms with van der Waals surface area (Å²) in [6, 6.07) is 3.07. The van der Waals surface area contributed by atoms with Crippen molar-refractivity contribution < 1.29 is 9.18 Å². The van der Waals surface area contributed by atoms with Gasteiger partial charge in [-0.15, -0.1) is 0 Å². The molecule has 1 aromatic carbocycles. The monoisotopic (exact) mass is 333 g/mol. The summed E-state index contributed by atoms with van der Waals surface area (Å²) in [6.07, 6.45) is 3.40. The van der Waals surface area contributed by atoms with Crippen LogP contribution in [-0.4, -0.2) is 12.3 Å².